The lowest BCUT2D eigenvalue weighted by atomic mass is 10.1. The largest absolute Gasteiger partial charge is 0.440 e. The highest BCUT2D eigenvalue weighted by atomic mass is 16.3. The Morgan fingerprint density at radius 3 is 2.63 bits per heavy atom. The van der Waals surface area contributed by atoms with E-state index < -0.39 is 0 Å². The van der Waals surface area contributed by atoms with Crippen molar-refractivity contribution in [3.63, 3.8) is 0 Å². The number of amides is 2. The number of carbonyl (C=O) groups is 2. The maximum absolute atomic E-state index is 12.2. The zero-order valence-corrected chi connectivity index (χ0v) is 14.9. The first-order valence-corrected chi connectivity index (χ1v) is 8.84. The molecule has 0 atom stereocenters. The Morgan fingerprint density at radius 2 is 1.93 bits per heavy atom. The molecule has 136 valence electrons. The van der Waals surface area contributed by atoms with Crippen LogP contribution >= 0.6 is 0 Å². The van der Waals surface area contributed by atoms with Gasteiger partial charge in [0.15, 0.2) is 11.5 Å². The third kappa shape index (κ3) is 3.89. The summed E-state index contributed by atoms with van der Waals surface area (Å²) in [5.41, 5.74) is 3.57. The summed E-state index contributed by atoms with van der Waals surface area (Å²) in [7, 11) is 1.59. The van der Waals surface area contributed by atoms with Crippen molar-refractivity contribution in [2.45, 2.75) is 18.8 Å². The lowest BCUT2D eigenvalue weighted by Gasteiger charge is -2.02. The van der Waals surface area contributed by atoms with Crippen LogP contribution in [-0.4, -0.2) is 23.8 Å². The van der Waals surface area contributed by atoms with Gasteiger partial charge in [0.05, 0.1) is 0 Å². The number of carbonyl (C=O) groups excluding carboxylic acids is 2. The van der Waals surface area contributed by atoms with E-state index in [1.807, 2.05) is 12.1 Å². The Balaban J connectivity index is 1.41. The summed E-state index contributed by atoms with van der Waals surface area (Å²) in [6.07, 6.45) is 5.41. The van der Waals surface area contributed by atoms with E-state index in [4.69, 9.17) is 4.42 Å². The van der Waals surface area contributed by atoms with Crippen LogP contribution in [-0.2, 0) is 4.79 Å². The lowest BCUT2D eigenvalue weighted by molar-refractivity contribution is -0.111. The molecule has 2 aromatic carbocycles. The molecule has 0 unspecified atom stereocenters. The second kappa shape index (κ2) is 7.07. The van der Waals surface area contributed by atoms with Crippen molar-refractivity contribution in [3.05, 3.63) is 65.6 Å². The molecule has 1 fully saturated rings. The van der Waals surface area contributed by atoms with Crippen LogP contribution in [0.25, 0.3) is 17.2 Å². The molecule has 0 bridgehead atoms. The van der Waals surface area contributed by atoms with Crippen LogP contribution in [0.5, 0.6) is 0 Å². The van der Waals surface area contributed by atoms with Gasteiger partial charge in [-0.2, -0.15) is 0 Å². The highest BCUT2D eigenvalue weighted by Gasteiger charge is 2.28. The molecule has 2 amide bonds. The number of nitrogens with zero attached hydrogens (tertiary/aromatic N) is 1. The molecule has 27 heavy (non-hydrogen) atoms. The Labute approximate surface area is 156 Å². The van der Waals surface area contributed by atoms with Gasteiger partial charge in [0, 0.05) is 30.3 Å². The summed E-state index contributed by atoms with van der Waals surface area (Å²) in [5.74, 6) is 0.855. The fourth-order valence-electron chi connectivity index (χ4n) is 2.77. The minimum Gasteiger partial charge on any atom is -0.440 e. The SMILES string of the molecule is CNC(=O)c1ccc(/C=C/C(=O)Nc2ccc3oc(C4CC4)nc3c2)cc1. The predicted octanol–water partition coefficient (Wildman–Crippen LogP) is 3.72. The average molecular weight is 361 g/mol. The number of anilines is 1. The van der Waals surface area contributed by atoms with Gasteiger partial charge >= 0.3 is 0 Å². The van der Waals surface area contributed by atoms with Gasteiger partial charge in [-0.1, -0.05) is 12.1 Å². The molecule has 6 nitrogen and oxygen atoms in total. The molecular formula is C21H19N3O3. The molecule has 1 aliphatic carbocycles. The molecule has 1 saturated carbocycles. The topological polar surface area (TPSA) is 84.2 Å². The summed E-state index contributed by atoms with van der Waals surface area (Å²) in [6, 6.07) is 12.4. The van der Waals surface area contributed by atoms with Crippen molar-refractivity contribution in [3.8, 4) is 0 Å². The van der Waals surface area contributed by atoms with Crippen molar-refractivity contribution >= 4 is 34.7 Å². The number of aromatic nitrogens is 1. The second-order valence-corrected chi connectivity index (χ2v) is 6.53. The van der Waals surface area contributed by atoms with Crippen LogP contribution in [0, 0.1) is 0 Å². The number of nitrogens with one attached hydrogen (secondary N) is 2. The molecule has 0 radical (unpaired) electrons. The minimum absolute atomic E-state index is 0.142. The third-order valence-corrected chi connectivity index (χ3v) is 4.43. The molecule has 1 aliphatic rings. The average Bonchev–Trinajstić information content (AvgIpc) is 3.45. The number of fused-ring (bicyclic) bond motifs is 1. The summed E-state index contributed by atoms with van der Waals surface area (Å²) in [4.78, 5) is 28.2. The quantitative estimate of drug-likeness (QED) is 0.679. The Hall–Kier alpha value is -3.41. The maximum atomic E-state index is 12.2. The summed E-state index contributed by atoms with van der Waals surface area (Å²) < 4.78 is 5.73. The van der Waals surface area contributed by atoms with Gasteiger partial charge < -0.3 is 15.1 Å². The molecule has 0 saturated heterocycles. The highest BCUT2D eigenvalue weighted by molar-refractivity contribution is 6.02. The van der Waals surface area contributed by atoms with Crippen molar-refractivity contribution in [2.75, 3.05) is 12.4 Å². The minimum atomic E-state index is -0.240. The number of oxazole rings is 1. The van der Waals surface area contributed by atoms with E-state index in [2.05, 4.69) is 15.6 Å². The number of hydrogen-bond acceptors (Lipinski definition) is 4. The Bertz CT molecular complexity index is 1030. The number of benzene rings is 2. The van der Waals surface area contributed by atoms with Crippen LogP contribution in [0.1, 0.15) is 40.6 Å². The zero-order chi connectivity index (χ0) is 18.8. The van der Waals surface area contributed by atoms with Crippen molar-refractivity contribution in [2.24, 2.45) is 0 Å². The Morgan fingerprint density at radius 1 is 1.15 bits per heavy atom. The van der Waals surface area contributed by atoms with Gasteiger partial charge in [-0.15, -0.1) is 0 Å². The zero-order valence-electron chi connectivity index (χ0n) is 14.9. The standard InChI is InChI=1S/C21H19N3O3/c1-22-20(26)14-5-2-13(3-6-14)4-11-19(25)23-16-9-10-18-17(12-16)24-21(27-18)15-7-8-15/h2-6,9-12,15H,7-8H2,1H3,(H,22,26)(H,23,25)/b11-4+. The molecule has 1 aromatic heterocycles. The molecule has 4 rings (SSSR count). The third-order valence-electron chi connectivity index (χ3n) is 4.43. The van der Waals surface area contributed by atoms with Crippen molar-refractivity contribution < 1.29 is 14.0 Å². The maximum Gasteiger partial charge on any atom is 0.251 e. The Kier molecular flexibility index (Phi) is 4.46. The van der Waals surface area contributed by atoms with Gasteiger partial charge in [0.25, 0.3) is 5.91 Å². The molecule has 6 heteroatoms. The number of rotatable bonds is 5. The normalized spacial score (nSPS) is 13.8. The molecule has 2 N–H and O–H groups in total. The fourth-order valence-corrected chi connectivity index (χ4v) is 2.77. The summed E-state index contributed by atoms with van der Waals surface area (Å²) in [6.45, 7) is 0. The van der Waals surface area contributed by atoms with E-state index >= 15 is 0 Å². The number of hydrogen-bond donors (Lipinski definition) is 2. The first kappa shape index (κ1) is 17.0. The van der Waals surface area contributed by atoms with Gasteiger partial charge in [-0.05, 0) is 54.8 Å². The van der Waals surface area contributed by atoms with Crippen LogP contribution in [0.4, 0.5) is 5.69 Å². The van der Waals surface area contributed by atoms with E-state index in [0.717, 1.165) is 35.4 Å². The van der Waals surface area contributed by atoms with Crippen LogP contribution in [0.2, 0.25) is 0 Å². The molecule has 1 heterocycles. The lowest BCUT2D eigenvalue weighted by Crippen LogP contribution is -2.17. The predicted molar refractivity (Wildman–Crippen MR) is 103 cm³/mol. The second-order valence-electron chi connectivity index (χ2n) is 6.53. The van der Waals surface area contributed by atoms with Crippen LogP contribution in [0.15, 0.2) is 53.0 Å². The van der Waals surface area contributed by atoms with Crippen molar-refractivity contribution in [1.29, 1.82) is 0 Å². The van der Waals surface area contributed by atoms with Crippen LogP contribution in [0.3, 0.4) is 0 Å². The van der Waals surface area contributed by atoms with E-state index in [0.29, 0.717) is 17.2 Å². The van der Waals surface area contributed by atoms with Crippen LogP contribution < -0.4 is 10.6 Å². The van der Waals surface area contributed by atoms with E-state index in [-0.39, 0.29) is 11.8 Å². The summed E-state index contributed by atoms with van der Waals surface area (Å²) in [5, 5.41) is 5.39. The van der Waals surface area contributed by atoms with Gasteiger partial charge in [0.1, 0.15) is 5.52 Å². The summed E-state index contributed by atoms with van der Waals surface area (Å²) >= 11 is 0. The smallest absolute Gasteiger partial charge is 0.251 e. The fraction of sp³-hybridized carbons (Fsp3) is 0.190. The first-order valence-electron chi connectivity index (χ1n) is 8.84. The monoisotopic (exact) mass is 361 g/mol. The van der Waals surface area contributed by atoms with Gasteiger partial charge in [-0.3, -0.25) is 9.59 Å². The van der Waals surface area contributed by atoms with Gasteiger partial charge in [0.2, 0.25) is 5.91 Å². The molecule has 3 aromatic rings. The van der Waals surface area contributed by atoms with E-state index in [9.17, 15) is 9.59 Å². The molecule has 0 aliphatic heterocycles. The van der Waals surface area contributed by atoms with E-state index in [1.165, 1.54) is 6.08 Å². The highest BCUT2D eigenvalue weighted by Crippen LogP contribution is 2.40. The molecule has 0 spiro atoms. The van der Waals surface area contributed by atoms with Gasteiger partial charge in [-0.25, -0.2) is 4.98 Å². The van der Waals surface area contributed by atoms with Crippen molar-refractivity contribution in [1.82, 2.24) is 10.3 Å². The van der Waals surface area contributed by atoms with E-state index in [1.54, 1.807) is 43.5 Å². The first-order chi connectivity index (χ1) is 13.1. The molecular weight excluding hydrogens is 342 g/mol.